The zero-order chi connectivity index (χ0) is 14.3. The fourth-order valence-electron chi connectivity index (χ4n) is 2.77. The van der Waals surface area contributed by atoms with Crippen LogP contribution in [0.3, 0.4) is 0 Å². The molecule has 0 bridgehead atoms. The number of aliphatic hydroxyl groups excluding tert-OH is 1. The number of hydrogen-bond acceptors (Lipinski definition) is 6. The van der Waals surface area contributed by atoms with Crippen LogP contribution in [-0.2, 0) is 0 Å². The van der Waals surface area contributed by atoms with E-state index >= 15 is 0 Å². The van der Waals surface area contributed by atoms with Gasteiger partial charge in [-0.15, -0.1) is 0 Å². The highest BCUT2D eigenvalue weighted by atomic mass is 35.5. The van der Waals surface area contributed by atoms with Gasteiger partial charge in [-0.2, -0.15) is 15.0 Å². The van der Waals surface area contributed by atoms with Crippen molar-refractivity contribution in [1.82, 2.24) is 15.0 Å². The van der Waals surface area contributed by atoms with E-state index in [2.05, 4.69) is 25.2 Å². The zero-order valence-electron chi connectivity index (χ0n) is 11.8. The Morgan fingerprint density at radius 1 is 1.25 bits per heavy atom. The molecular weight excluding hydrogens is 278 g/mol. The van der Waals surface area contributed by atoms with E-state index < -0.39 is 0 Å². The molecule has 0 amide bonds. The first-order chi connectivity index (χ1) is 9.46. The van der Waals surface area contributed by atoms with Gasteiger partial charge in [0.1, 0.15) is 0 Å². The first-order valence-corrected chi connectivity index (χ1v) is 7.46. The highest BCUT2D eigenvalue weighted by Gasteiger charge is 2.47. The van der Waals surface area contributed by atoms with E-state index in [9.17, 15) is 5.11 Å². The summed E-state index contributed by atoms with van der Waals surface area (Å²) in [5.41, 5.74) is -0.174. The molecule has 1 saturated carbocycles. The second kappa shape index (κ2) is 5.00. The van der Waals surface area contributed by atoms with Gasteiger partial charge >= 0.3 is 0 Å². The van der Waals surface area contributed by atoms with Crippen molar-refractivity contribution in [2.24, 2.45) is 5.41 Å². The minimum absolute atomic E-state index is 0.155. The first kappa shape index (κ1) is 13.8. The molecule has 1 aliphatic heterocycles. The van der Waals surface area contributed by atoms with Gasteiger partial charge in [-0.05, 0) is 30.9 Å². The number of aliphatic hydroxyl groups is 1. The lowest BCUT2D eigenvalue weighted by molar-refractivity contribution is -0.0512. The Morgan fingerprint density at radius 3 is 2.55 bits per heavy atom. The largest absolute Gasteiger partial charge is 0.392 e. The molecule has 0 aromatic carbocycles. The van der Waals surface area contributed by atoms with Gasteiger partial charge in [0.2, 0.25) is 17.2 Å². The molecule has 1 aliphatic carbocycles. The highest BCUT2D eigenvalue weighted by Crippen LogP contribution is 2.41. The molecule has 0 radical (unpaired) electrons. The highest BCUT2D eigenvalue weighted by molar-refractivity contribution is 6.28. The van der Waals surface area contributed by atoms with Crippen molar-refractivity contribution in [3.63, 3.8) is 0 Å². The van der Waals surface area contributed by atoms with Crippen LogP contribution in [0.1, 0.15) is 33.1 Å². The van der Waals surface area contributed by atoms with Crippen molar-refractivity contribution in [1.29, 1.82) is 0 Å². The Hall–Kier alpha value is -1.14. The molecule has 6 nitrogen and oxygen atoms in total. The van der Waals surface area contributed by atoms with Crippen LogP contribution < -0.4 is 10.2 Å². The van der Waals surface area contributed by atoms with Crippen LogP contribution in [0.15, 0.2) is 0 Å². The van der Waals surface area contributed by atoms with Crippen molar-refractivity contribution < 1.29 is 5.11 Å². The van der Waals surface area contributed by atoms with E-state index in [1.807, 2.05) is 13.8 Å². The smallest absolute Gasteiger partial charge is 0.231 e. The van der Waals surface area contributed by atoms with E-state index in [1.165, 1.54) is 0 Å². The summed E-state index contributed by atoms with van der Waals surface area (Å²) in [5.74, 6) is 1.14. The third-order valence-electron chi connectivity index (χ3n) is 4.50. The van der Waals surface area contributed by atoms with Gasteiger partial charge in [-0.3, -0.25) is 0 Å². The molecular formula is C13H20ClN5O. The van der Waals surface area contributed by atoms with Gasteiger partial charge in [0.05, 0.1) is 6.10 Å². The molecule has 1 aromatic heterocycles. The molecule has 2 unspecified atom stereocenters. The summed E-state index contributed by atoms with van der Waals surface area (Å²) in [6.45, 7) is 5.99. The Bertz CT molecular complexity index is 504. The topological polar surface area (TPSA) is 74.2 Å². The second-order valence-electron chi connectivity index (χ2n) is 6.19. The quantitative estimate of drug-likeness (QED) is 0.884. The first-order valence-electron chi connectivity index (χ1n) is 7.08. The summed E-state index contributed by atoms with van der Waals surface area (Å²) in [6.07, 6.45) is 2.74. The summed E-state index contributed by atoms with van der Waals surface area (Å²) < 4.78 is 0. The van der Waals surface area contributed by atoms with Gasteiger partial charge in [0, 0.05) is 24.5 Å². The molecule has 2 N–H and O–H groups in total. The van der Waals surface area contributed by atoms with Crippen LogP contribution >= 0.6 is 11.6 Å². The van der Waals surface area contributed by atoms with Crippen LogP contribution in [0.25, 0.3) is 0 Å². The zero-order valence-corrected chi connectivity index (χ0v) is 12.6. The van der Waals surface area contributed by atoms with Crippen LogP contribution in [-0.4, -0.2) is 45.3 Å². The lowest BCUT2D eigenvalue weighted by Crippen LogP contribution is -2.57. The third kappa shape index (κ3) is 2.42. The van der Waals surface area contributed by atoms with Crippen molar-refractivity contribution >= 4 is 23.5 Å². The average Bonchev–Trinajstić information content (AvgIpc) is 2.91. The summed E-state index contributed by atoms with van der Waals surface area (Å²) >= 11 is 5.99. The summed E-state index contributed by atoms with van der Waals surface area (Å²) in [5, 5.41) is 13.3. The SMILES string of the molecule is CC1(C)C(O)CC1Nc1nc(Cl)nc(N2CCCC2)n1. The number of aromatic nitrogens is 3. The minimum atomic E-state index is -0.282. The standard InChI is InChI=1S/C13H20ClN5O/c1-13(2)8(7-9(13)20)15-11-16-10(14)17-12(18-11)19-5-3-4-6-19/h8-9,20H,3-7H2,1-2H3,(H,15,16,17,18). The predicted octanol–water partition coefficient (Wildman–Crippen LogP) is 1.70. The van der Waals surface area contributed by atoms with Crippen LogP contribution in [0.5, 0.6) is 0 Å². The van der Waals surface area contributed by atoms with Gasteiger partial charge in [0.15, 0.2) is 0 Å². The summed E-state index contributed by atoms with van der Waals surface area (Å²) in [4.78, 5) is 14.9. The van der Waals surface area contributed by atoms with Crippen molar-refractivity contribution in [2.75, 3.05) is 23.3 Å². The molecule has 1 aromatic rings. The molecule has 2 atom stereocenters. The number of nitrogens with one attached hydrogen (secondary N) is 1. The molecule has 20 heavy (non-hydrogen) atoms. The maximum Gasteiger partial charge on any atom is 0.231 e. The number of rotatable bonds is 3. The van der Waals surface area contributed by atoms with E-state index in [-0.39, 0.29) is 22.8 Å². The van der Waals surface area contributed by atoms with Gasteiger partial charge in [-0.1, -0.05) is 13.8 Å². The second-order valence-corrected chi connectivity index (χ2v) is 6.53. The average molecular weight is 298 g/mol. The van der Waals surface area contributed by atoms with Gasteiger partial charge < -0.3 is 15.3 Å². The van der Waals surface area contributed by atoms with E-state index in [0.29, 0.717) is 18.3 Å². The van der Waals surface area contributed by atoms with E-state index in [0.717, 1.165) is 25.9 Å². The molecule has 0 spiro atoms. The summed E-state index contributed by atoms with van der Waals surface area (Å²) in [6, 6.07) is 0.155. The lowest BCUT2D eigenvalue weighted by atomic mass is 9.65. The number of halogens is 1. The molecule has 7 heteroatoms. The van der Waals surface area contributed by atoms with E-state index in [1.54, 1.807) is 0 Å². The van der Waals surface area contributed by atoms with Crippen LogP contribution in [0, 0.1) is 5.41 Å². The maximum atomic E-state index is 9.78. The van der Waals surface area contributed by atoms with E-state index in [4.69, 9.17) is 11.6 Å². The summed E-state index contributed by atoms with van der Waals surface area (Å²) in [7, 11) is 0. The molecule has 110 valence electrons. The Balaban J connectivity index is 1.76. The molecule has 3 rings (SSSR count). The third-order valence-corrected chi connectivity index (χ3v) is 4.67. The number of hydrogen-bond donors (Lipinski definition) is 2. The van der Waals surface area contributed by atoms with Gasteiger partial charge in [0.25, 0.3) is 0 Å². The Kier molecular flexibility index (Phi) is 3.46. The monoisotopic (exact) mass is 297 g/mol. The minimum Gasteiger partial charge on any atom is -0.392 e. The molecule has 2 aliphatic rings. The van der Waals surface area contributed by atoms with Crippen molar-refractivity contribution in [3.05, 3.63) is 5.28 Å². The Morgan fingerprint density at radius 2 is 1.95 bits per heavy atom. The normalized spacial score (nSPS) is 28.3. The van der Waals surface area contributed by atoms with Gasteiger partial charge in [-0.25, -0.2) is 0 Å². The maximum absolute atomic E-state index is 9.78. The lowest BCUT2D eigenvalue weighted by Gasteiger charge is -2.49. The van der Waals surface area contributed by atoms with Crippen molar-refractivity contribution in [3.8, 4) is 0 Å². The van der Waals surface area contributed by atoms with Crippen LogP contribution in [0.4, 0.5) is 11.9 Å². The molecule has 2 fully saturated rings. The fraction of sp³-hybridized carbons (Fsp3) is 0.769. The predicted molar refractivity (Wildman–Crippen MR) is 78.1 cm³/mol. The number of anilines is 2. The van der Waals surface area contributed by atoms with Crippen molar-refractivity contribution in [2.45, 2.75) is 45.3 Å². The Labute approximate surface area is 123 Å². The molecule has 2 heterocycles. The molecule has 1 saturated heterocycles. The fourth-order valence-corrected chi connectivity index (χ4v) is 2.92. The number of nitrogens with zero attached hydrogens (tertiary/aromatic N) is 4. The van der Waals surface area contributed by atoms with Crippen LogP contribution in [0.2, 0.25) is 5.28 Å².